The maximum absolute atomic E-state index is 12.4. The summed E-state index contributed by atoms with van der Waals surface area (Å²) in [5, 5.41) is 13.5. The molecule has 20 heavy (non-hydrogen) atoms. The first kappa shape index (κ1) is 14.6. The number of benzene rings is 1. The molecular weight excluding hydrogens is 271 g/mol. The number of alkyl halides is 3. The van der Waals surface area contributed by atoms with Crippen molar-refractivity contribution in [3.63, 3.8) is 0 Å². The minimum atomic E-state index is -4.36. The van der Waals surface area contributed by atoms with Crippen molar-refractivity contribution in [1.82, 2.24) is 5.16 Å². The molecule has 0 radical (unpaired) electrons. The number of nitrogens with zero attached hydrogens (tertiary/aromatic N) is 1. The lowest BCUT2D eigenvalue weighted by atomic mass is 10.1. The van der Waals surface area contributed by atoms with Crippen LogP contribution in [0.4, 0.5) is 13.2 Å². The molecule has 0 aliphatic carbocycles. The Kier molecular flexibility index (Phi) is 4.13. The summed E-state index contributed by atoms with van der Waals surface area (Å²) in [6.07, 6.45) is -3.76. The van der Waals surface area contributed by atoms with Crippen LogP contribution in [0.5, 0.6) is 0 Å². The second kappa shape index (κ2) is 5.66. The topological polar surface area (TPSA) is 46.3 Å². The molecule has 3 nitrogen and oxygen atoms in total. The molecular formula is C14H14F3NO2. The van der Waals surface area contributed by atoms with Gasteiger partial charge >= 0.3 is 6.18 Å². The minimum Gasteiger partial charge on any atom is -0.385 e. The number of hydrogen-bond donors (Lipinski definition) is 1. The van der Waals surface area contributed by atoms with Gasteiger partial charge in [0.2, 0.25) is 0 Å². The average Bonchev–Trinajstić information content (AvgIpc) is 2.88. The van der Waals surface area contributed by atoms with Crippen LogP contribution in [0.3, 0.4) is 0 Å². The van der Waals surface area contributed by atoms with Crippen LogP contribution in [0.2, 0.25) is 0 Å². The summed E-state index contributed by atoms with van der Waals surface area (Å²) in [5.74, 6) is 0.321. The molecule has 1 heterocycles. The fourth-order valence-electron chi connectivity index (χ4n) is 1.83. The number of aliphatic hydroxyl groups excluding tert-OH is 1. The number of aromatic nitrogens is 1. The number of halogens is 3. The van der Waals surface area contributed by atoms with Crippen LogP contribution >= 0.6 is 0 Å². The van der Waals surface area contributed by atoms with Gasteiger partial charge < -0.3 is 9.63 Å². The largest absolute Gasteiger partial charge is 0.416 e. The molecule has 6 heteroatoms. The lowest BCUT2D eigenvalue weighted by Gasteiger charge is -2.06. The summed E-state index contributed by atoms with van der Waals surface area (Å²) in [6, 6.07) is 6.19. The SMILES string of the molecule is CCCC(O)c1cc(-c2ccc(C(F)(F)F)cc2)no1. The zero-order valence-electron chi connectivity index (χ0n) is 10.8. The van der Waals surface area contributed by atoms with Crippen molar-refractivity contribution < 1.29 is 22.8 Å². The van der Waals surface area contributed by atoms with Crippen LogP contribution in [0.15, 0.2) is 34.9 Å². The molecule has 0 fully saturated rings. The third-order valence-electron chi connectivity index (χ3n) is 2.93. The van der Waals surface area contributed by atoms with E-state index in [2.05, 4.69) is 5.16 Å². The maximum Gasteiger partial charge on any atom is 0.416 e. The second-order valence-electron chi connectivity index (χ2n) is 4.49. The highest BCUT2D eigenvalue weighted by molar-refractivity contribution is 5.59. The number of hydrogen-bond acceptors (Lipinski definition) is 3. The molecule has 0 amide bonds. The molecule has 1 aromatic heterocycles. The van der Waals surface area contributed by atoms with Crippen molar-refractivity contribution in [2.45, 2.75) is 32.0 Å². The zero-order valence-corrected chi connectivity index (χ0v) is 10.8. The van der Waals surface area contributed by atoms with Gasteiger partial charge in [0.05, 0.1) is 5.56 Å². The molecule has 1 N–H and O–H groups in total. The Morgan fingerprint density at radius 3 is 2.45 bits per heavy atom. The van der Waals surface area contributed by atoms with Crippen molar-refractivity contribution >= 4 is 0 Å². The average molecular weight is 285 g/mol. The second-order valence-corrected chi connectivity index (χ2v) is 4.49. The Morgan fingerprint density at radius 2 is 1.90 bits per heavy atom. The predicted molar refractivity (Wildman–Crippen MR) is 66.8 cm³/mol. The van der Waals surface area contributed by atoms with E-state index in [0.717, 1.165) is 18.6 Å². The smallest absolute Gasteiger partial charge is 0.385 e. The normalized spacial score (nSPS) is 13.4. The molecule has 2 aromatic rings. The van der Waals surface area contributed by atoms with E-state index in [-0.39, 0.29) is 0 Å². The van der Waals surface area contributed by atoms with Crippen molar-refractivity contribution in [3.8, 4) is 11.3 Å². The van der Waals surface area contributed by atoms with Crippen molar-refractivity contribution in [2.75, 3.05) is 0 Å². The van der Waals surface area contributed by atoms with Crippen LogP contribution < -0.4 is 0 Å². The lowest BCUT2D eigenvalue weighted by Crippen LogP contribution is -2.03. The van der Waals surface area contributed by atoms with Crippen LogP contribution in [0.25, 0.3) is 11.3 Å². The van der Waals surface area contributed by atoms with Gasteiger partial charge in [0.25, 0.3) is 0 Å². The molecule has 0 spiro atoms. The Balaban J connectivity index is 2.20. The molecule has 0 bridgehead atoms. The fraction of sp³-hybridized carbons (Fsp3) is 0.357. The molecule has 0 saturated heterocycles. The summed E-state index contributed by atoms with van der Waals surface area (Å²) < 4.78 is 42.4. The monoisotopic (exact) mass is 285 g/mol. The molecule has 0 aliphatic rings. The van der Waals surface area contributed by atoms with Gasteiger partial charge in [-0.05, 0) is 18.6 Å². The minimum absolute atomic E-state index is 0.321. The van der Waals surface area contributed by atoms with Gasteiger partial charge in [-0.25, -0.2) is 0 Å². The highest BCUT2D eigenvalue weighted by atomic mass is 19.4. The summed E-state index contributed by atoms with van der Waals surface area (Å²) in [7, 11) is 0. The van der Waals surface area contributed by atoms with E-state index in [4.69, 9.17) is 4.52 Å². The molecule has 2 rings (SSSR count). The Morgan fingerprint density at radius 1 is 1.25 bits per heavy atom. The van der Waals surface area contributed by atoms with Gasteiger partial charge in [0, 0.05) is 11.6 Å². The van der Waals surface area contributed by atoms with Crippen LogP contribution in [-0.2, 0) is 6.18 Å². The van der Waals surface area contributed by atoms with E-state index < -0.39 is 17.8 Å². The van der Waals surface area contributed by atoms with Crippen LogP contribution in [0.1, 0.15) is 37.2 Å². The fourth-order valence-corrected chi connectivity index (χ4v) is 1.83. The molecule has 1 atom stereocenters. The summed E-state index contributed by atoms with van der Waals surface area (Å²) >= 11 is 0. The predicted octanol–water partition coefficient (Wildman–Crippen LogP) is 4.19. The number of aliphatic hydroxyl groups is 1. The lowest BCUT2D eigenvalue weighted by molar-refractivity contribution is -0.137. The van der Waals surface area contributed by atoms with E-state index in [1.807, 2.05) is 6.92 Å². The Bertz CT molecular complexity index is 561. The van der Waals surface area contributed by atoms with E-state index in [9.17, 15) is 18.3 Å². The van der Waals surface area contributed by atoms with Crippen LogP contribution in [-0.4, -0.2) is 10.3 Å². The maximum atomic E-state index is 12.4. The highest BCUT2D eigenvalue weighted by Crippen LogP contribution is 2.31. The molecule has 1 unspecified atom stereocenters. The van der Waals surface area contributed by atoms with E-state index in [0.29, 0.717) is 23.4 Å². The summed E-state index contributed by atoms with van der Waals surface area (Å²) in [4.78, 5) is 0. The Hall–Kier alpha value is -1.82. The van der Waals surface area contributed by atoms with E-state index in [1.54, 1.807) is 6.07 Å². The van der Waals surface area contributed by atoms with Gasteiger partial charge in [0.15, 0.2) is 5.76 Å². The van der Waals surface area contributed by atoms with Gasteiger partial charge in [-0.2, -0.15) is 13.2 Å². The third kappa shape index (κ3) is 3.19. The molecule has 108 valence electrons. The third-order valence-corrected chi connectivity index (χ3v) is 2.93. The Labute approximate surface area is 114 Å². The van der Waals surface area contributed by atoms with Crippen molar-refractivity contribution in [2.24, 2.45) is 0 Å². The number of rotatable bonds is 4. The van der Waals surface area contributed by atoms with Gasteiger partial charge in [-0.1, -0.05) is 30.6 Å². The standard InChI is InChI=1S/C14H14F3NO2/c1-2-3-12(19)13-8-11(18-20-13)9-4-6-10(7-5-9)14(15,16)17/h4-8,12,19H,2-3H2,1H3. The van der Waals surface area contributed by atoms with E-state index >= 15 is 0 Å². The first-order valence-electron chi connectivity index (χ1n) is 6.24. The van der Waals surface area contributed by atoms with Crippen molar-refractivity contribution in [3.05, 3.63) is 41.7 Å². The van der Waals surface area contributed by atoms with Crippen LogP contribution in [0, 0.1) is 0 Å². The molecule has 0 aliphatic heterocycles. The first-order valence-corrected chi connectivity index (χ1v) is 6.24. The van der Waals surface area contributed by atoms with Gasteiger partial charge in [-0.3, -0.25) is 0 Å². The van der Waals surface area contributed by atoms with Crippen molar-refractivity contribution in [1.29, 1.82) is 0 Å². The summed E-state index contributed by atoms with van der Waals surface area (Å²) in [5.41, 5.74) is 0.205. The molecule has 0 saturated carbocycles. The van der Waals surface area contributed by atoms with Gasteiger partial charge in [-0.15, -0.1) is 0 Å². The quantitative estimate of drug-likeness (QED) is 0.916. The van der Waals surface area contributed by atoms with E-state index in [1.165, 1.54) is 12.1 Å². The zero-order chi connectivity index (χ0) is 14.8. The van der Waals surface area contributed by atoms with Gasteiger partial charge in [0.1, 0.15) is 11.8 Å². The summed E-state index contributed by atoms with van der Waals surface area (Å²) in [6.45, 7) is 1.93. The highest BCUT2D eigenvalue weighted by Gasteiger charge is 2.30. The molecule has 1 aromatic carbocycles. The first-order chi connectivity index (χ1) is 9.41.